The molecule has 0 aromatic carbocycles. The summed E-state index contributed by atoms with van der Waals surface area (Å²) in [6.07, 6.45) is 11.4. The molecule has 4 heteroatoms. The van der Waals surface area contributed by atoms with Crippen LogP contribution < -0.4 is 0 Å². The second kappa shape index (κ2) is 8.14. The molecule has 4 nitrogen and oxygen atoms in total. The molecule has 0 aliphatic carbocycles. The summed E-state index contributed by atoms with van der Waals surface area (Å²) in [5, 5.41) is 0. The highest BCUT2D eigenvalue weighted by atomic mass is 16.6. The molecule has 0 aromatic rings. The van der Waals surface area contributed by atoms with Crippen LogP contribution in [-0.2, 0) is 19.1 Å². The van der Waals surface area contributed by atoms with Crippen molar-refractivity contribution in [1.29, 1.82) is 0 Å². The van der Waals surface area contributed by atoms with Gasteiger partial charge in [0, 0.05) is 0 Å². The van der Waals surface area contributed by atoms with E-state index in [0.717, 1.165) is 0 Å². The summed E-state index contributed by atoms with van der Waals surface area (Å²) >= 11 is 0. The Hall–Kier alpha value is -2.20. The smallest absolute Gasteiger partial charge is 0.321 e. The molecule has 0 saturated carbocycles. The van der Waals surface area contributed by atoms with Gasteiger partial charge in [0.15, 0.2) is 19.1 Å². The van der Waals surface area contributed by atoms with Crippen LogP contribution >= 0.6 is 0 Å². The van der Waals surface area contributed by atoms with Gasteiger partial charge in [-0.3, -0.25) is 9.59 Å². The molecule has 0 spiro atoms. The highest BCUT2D eigenvalue weighted by Gasteiger charge is 2.28. The van der Waals surface area contributed by atoms with E-state index in [2.05, 4.69) is 27.9 Å². The number of terminal acetylenes is 2. The van der Waals surface area contributed by atoms with E-state index < -0.39 is 17.9 Å². The average molecular weight is 220 g/mol. The lowest BCUT2D eigenvalue weighted by atomic mass is 10.1. The molecule has 0 saturated heterocycles. The van der Waals surface area contributed by atoms with Crippen molar-refractivity contribution >= 4 is 11.9 Å². The lowest BCUT2D eigenvalue weighted by Crippen LogP contribution is -2.27. The van der Waals surface area contributed by atoms with Gasteiger partial charge in [-0.15, -0.1) is 19.4 Å². The molecule has 0 atom stereocenters. The Morgan fingerprint density at radius 2 is 1.62 bits per heavy atom. The van der Waals surface area contributed by atoms with Gasteiger partial charge in [-0.25, -0.2) is 0 Å². The Morgan fingerprint density at radius 3 is 1.94 bits per heavy atom. The van der Waals surface area contributed by atoms with Crippen molar-refractivity contribution in [2.75, 3.05) is 13.2 Å². The first-order valence-corrected chi connectivity index (χ1v) is 4.48. The van der Waals surface area contributed by atoms with Gasteiger partial charge >= 0.3 is 11.9 Å². The Labute approximate surface area is 94.6 Å². The quantitative estimate of drug-likeness (QED) is 0.283. The summed E-state index contributed by atoms with van der Waals surface area (Å²) in [6.45, 7) is 3.06. The molecule has 0 rings (SSSR count). The summed E-state index contributed by atoms with van der Waals surface area (Å²) < 4.78 is 9.26. The number of ether oxygens (including phenoxy) is 2. The zero-order valence-corrected chi connectivity index (χ0v) is 8.77. The number of hydrogen-bond donors (Lipinski definition) is 0. The summed E-state index contributed by atoms with van der Waals surface area (Å²) in [6, 6.07) is 0. The summed E-state index contributed by atoms with van der Waals surface area (Å²) in [7, 11) is 0. The largest absolute Gasteiger partial charge is 0.452 e. The Morgan fingerprint density at radius 1 is 1.19 bits per heavy atom. The summed E-state index contributed by atoms with van der Waals surface area (Å²) in [5.74, 6) is 1.72. The molecule has 0 aromatic heterocycles. The van der Waals surface area contributed by atoms with E-state index in [0.29, 0.717) is 0 Å². The van der Waals surface area contributed by atoms with Gasteiger partial charge in [-0.05, 0) is 6.42 Å². The standard InChI is InChI=1S/C12H12O4/c1-4-7-10(11(13)15-8-5-2)12(14)16-9-6-3/h2-4,10H,1,7-9H2. The first-order valence-electron chi connectivity index (χ1n) is 4.48. The van der Waals surface area contributed by atoms with E-state index >= 15 is 0 Å². The minimum absolute atomic E-state index is 0.118. The summed E-state index contributed by atoms with van der Waals surface area (Å²) in [5.41, 5.74) is 0. The minimum atomic E-state index is -1.06. The fraction of sp³-hybridized carbons (Fsp3) is 0.333. The van der Waals surface area contributed by atoms with Crippen molar-refractivity contribution in [3.05, 3.63) is 12.7 Å². The Kier molecular flexibility index (Phi) is 7.02. The first kappa shape index (κ1) is 13.8. The van der Waals surface area contributed by atoms with Gasteiger partial charge in [-0.2, -0.15) is 0 Å². The van der Waals surface area contributed by atoms with Crippen LogP contribution in [0.3, 0.4) is 0 Å². The third-order valence-electron chi connectivity index (χ3n) is 1.57. The van der Waals surface area contributed by atoms with Crippen LogP contribution in [0.4, 0.5) is 0 Å². The van der Waals surface area contributed by atoms with Crippen molar-refractivity contribution in [3.8, 4) is 24.7 Å². The highest BCUT2D eigenvalue weighted by molar-refractivity contribution is 5.95. The van der Waals surface area contributed by atoms with Crippen LogP contribution in [0.25, 0.3) is 0 Å². The topological polar surface area (TPSA) is 52.6 Å². The van der Waals surface area contributed by atoms with Crippen LogP contribution in [0, 0.1) is 30.6 Å². The van der Waals surface area contributed by atoms with Crippen molar-refractivity contribution in [2.45, 2.75) is 6.42 Å². The van der Waals surface area contributed by atoms with Crippen LogP contribution in [0.5, 0.6) is 0 Å². The van der Waals surface area contributed by atoms with Gasteiger partial charge in [0.25, 0.3) is 0 Å². The molecule has 16 heavy (non-hydrogen) atoms. The van der Waals surface area contributed by atoms with Crippen LogP contribution in [0.2, 0.25) is 0 Å². The van der Waals surface area contributed by atoms with E-state index in [-0.39, 0.29) is 19.6 Å². The molecule has 84 valence electrons. The predicted molar refractivity (Wildman–Crippen MR) is 57.9 cm³/mol. The van der Waals surface area contributed by atoms with Crippen molar-refractivity contribution < 1.29 is 19.1 Å². The number of carbonyl (C=O) groups is 2. The number of carbonyl (C=O) groups excluding carboxylic acids is 2. The normalized spacial score (nSPS) is 8.69. The molecule has 0 amide bonds. The van der Waals surface area contributed by atoms with E-state index in [4.69, 9.17) is 12.8 Å². The van der Waals surface area contributed by atoms with Gasteiger partial charge in [0.05, 0.1) is 0 Å². The third-order valence-corrected chi connectivity index (χ3v) is 1.57. The number of allylic oxidation sites excluding steroid dienone is 1. The molecule has 0 aliphatic heterocycles. The van der Waals surface area contributed by atoms with E-state index in [1.54, 1.807) is 0 Å². The zero-order chi connectivity index (χ0) is 12.4. The average Bonchev–Trinajstić information content (AvgIpc) is 2.29. The van der Waals surface area contributed by atoms with Crippen LogP contribution in [-0.4, -0.2) is 25.2 Å². The molecule has 0 unspecified atom stereocenters. The Balaban J connectivity index is 4.42. The van der Waals surface area contributed by atoms with Crippen molar-refractivity contribution in [3.63, 3.8) is 0 Å². The molecule has 0 heterocycles. The molecule has 0 fully saturated rings. The zero-order valence-electron chi connectivity index (χ0n) is 8.77. The van der Waals surface area contributed by atoms with Crippen LogP contribution in [0.15, 0.2) is 12.7 Å². The van der Waals surface area contributed by atoms with E-state index in [1.165, 1.54) is 6.08 Å². The first-order chi connectivity index (χ1) is 7.67. The fourth-order valence-corrected chi connectivity index (χ4v) is 0.882. The maximum Gasteiger partial charge on any atom is 0.321 e. The lowest BCUT2D eigenvalue weighted by molar-refractivity contribution is -0.160. The molecule has 0 bridgehead atoms. The highest BCUT2D eigenvalue weighted by Crippen LogP contribution is 2.09. The maximum absolute atomic E-state index is 11.4. The molecule has 0 aliphatic rings. The van der Waals surface area contributed by atoms with Crippen molar-refractivity contribution in [1.82, 2.24) is 0 Å². The Bertz CT molecular complexity index is 313. The molecular weight excluding hydrogens is 208 g/mol. The monoisotopic (exact) mass is 220 g/mol. The molecular formula is C12H12O4. The lowest BCUT2D eigenvalue weighted by Gasteiger charge is -2.11. The minimum Gasteiger partial charge on any atom is -0.452 e. The van der Waals surface area contributed by atoms with Gasteiger partial charge in [0.1, 0.15) is 0 Å². The second-order valence-electron chi connectivity index (χ2n) is 2.70. The predicted octanol–water partition coefficient (Wildman–Crippen LogP) is 0.532. The van der Waals surface area contributed by atoms with Crippen molar-refractivity contribution in [2.24, 2.45) is 5.92 Å². The number of esters is 2. The molecule has 0 N–H and O–H groups in total. The SMILES string of the molecule is C#CCOC(=O)C(CC=C)C(=O)OCC#C. The van der Waals surface area contributed by atoms with E-state index in [1.807, 2.05) is 0 Å². The van der Waals surface area contributed by atoms with Crippen LogP contribution in [0.1, 0.15) is 6.42 Å². The number of hydrogen-bond acceptors (Lipinski definition) is 4. The summed E-state index contributed by atoms with van der Waals surface area (Å²) in [4.78, 5) is 22.8. The third kappa shape index (κ3) is 4.88. The fourth-order valence-electron chi connectivity index (χ4n) is 0.882. The van der Waals surface area contributed by atoms with Gasteiger partial charge in [-0.1, -0.05) is 17.9 Å². The second-order valence-corrected chi connectivity index (χ2v) is 2.70. The van der Waals surface area contributed by atoms with Gasteiger partial charge in [0.2, 0.25) is 0 Å². The maximum atomic E-state index is 11.4. The number of rotatable bonds is 6. The molecule has 0 radical (unpaired) electrons. The van der Waals surface area contributed by atoms with Gasteiger partial charge < -0.3 is 9.47 Å². The van der Waals surface area contributed by atoms with E-state index in [9.17, 15) is 9.59 Å².